The van der Waals surface area contributed by atoms with Gasteiger partial charge in [0.15, 0.2) is 5.79 Å². The van der Waals surface area contributed by atoms with Crippen molar-refractivity contribution in [3.8, 4) is 5.75 Å². The quantitative estimate of drug-likeness (QED) is 0.767. The molecule has 1 aromatic carbocycles. The summed E-state index contributed by atoms with van der Waals surface area (Å²) in [5, 5.41) is 2.81. The van der Waals surface area contributed by atoms with Crippen molar-refractivity contribution in [2.24, 2.45) is 0 Å². The number of amides is 2. The van der Waals surface area contributed by atoms with Gasteiger partial charge >= 0.3 is 0 Å². The van der Waals surface area contributed by atoms with Gasteiger partial charge in [0.2, 0.25) is 11.8 Å². The Hall–Kier alpha value is -2.12. The lowest BCUT2D eigenvalue weighted by Gasteiger charge is -2.37. The third-order valence-corrected chi connectivity index (χ3v) is 4.91. The van der Waals surface area contributed by atoms with Crippen LogP contribution in [0, 0.1) is 0 Å². The molecule has 1 aromatic rings. The number of nitrogens with one attached hydrogen (secondary N) is 1. The van der Waals surface area contributed by atoms with Crippen LogP contribution in [-0.2, 0) is 25.5 Å². The van der Waals surface area contributed by atoms with Crippen LogP contribution in [0.3, 0.4) is 0 Å². The zero-order valence-electron chi connectivity index (χ0n) is 15.2. The van der Waals surface area contributed by atoms with Gasteiger partial charge in [0, 0.05) is 32.5 Å². The molecule has 2 amide bonds. The molecule has 1 spiro atoms. The van der Waals surface area contributed by atoms with Crippen LogP contribution in [0.25, 0.3) is 0 Å². The highest BCUT2D eigenvalue weighted by atomic mass is 16.7. The first kappa shape index (κ1) is 18.7. The summed E-state index contributed by atoms with van der Waals surface area (Å²) in [6.07, 6.45) is 1.85. The molecule has 2 saturated heterocycles. The largest absolute Gasteiger partial charge is 0.496 e. The van der Waals surface area contributed by atoms with Crippen LogP contribution in [-0.4, -0.2) is 62.5 Å². The van der Waals surface area contributed by atoms with Crippen LogP contribution in [0.15, 0.2) is 24.3 Å². The molecule has 7 nitrogen and oxygen atoms in total. The summed E-state index contributed by atoms with van der Waals surface area (Å²) in [7, 11) is 1.63. The highest BCUT2D eigenvalue weighted by Crippen LogP contribution is 2.31. The minimum atomic E-state index is -0.506. The fraction of sp³-hybridized carbons (Fsp3) is 0.579. The Morgan fingerprint density at radius 2 is 1.88 bits per heavy atom. The van der Waals surface area contributed by atoms with Crippen LogP contribution < -0.4 is 10.1 Å². The zero-order chi connectivity index (χ0) is 18.4. The molecule has 0 unspecified atom stereocenters. The molecule has 26 heavy (non-hydrogen) atoms. The van der Waals surface area contributed by atoms with E-state index < -0.39 is 5.79 Å². The van der Waals surface area contributed by atoms with Crippen molar-refractivity contribution < 1.29 is 23.8 Å². The summed E-state index contributed by atoms with van der Waals surface area (Å²) < 4.78 is 16.6. The number of carbonyl (C=O) groups excluding carboxylic acids is 2. The smallest absolute Gasteiger partial charge is 0.232 e. The Balaban J connectivity index is 1.38. The third kappa shape index (κ3) is 4.53. The van der Waals surface area contributed by atoms with Crippen molar-refractivity contribution in [3.05, 3.63) is 29.8 Å². The molecule has 0 aromatic heterocycles. The highest BCUT2D eigenvalue weighted by Gasteiger charge is 2.40. The molecule has 2 heterocycles. The van der Waals surface area contributed by atoms with Crippen LogP contribution in [0.4, 0.5) is 0 Å². The molecule has 2 aliphatic rings. The summed E-state index contributed by atoms with van der Waals surface area (Å²) in [6, 6.07) is 7.70. The minimum absolute atomic E-state index is 0.124. The van der Waals surface area contributed by atoms with E-state index in [1.54, 1.807) is 12.0 Å². The van der Waals surface area contributed by atoms with E-state index in [1.165, 1.54) is 0 Å². The number of hydrogen-bond acceptors (Lipinski definition) is 5. The first-order chi connectivity index (χ1) is 12.6. The Bertz CT molecular complexity index is 633. The lowest BCUT2D eigenvalue weighted by atomic mass is 10.0. The number of likely N-dealkylation sites (tertiary alicyclic amines) is 1. The zero-order valence-corrected chi connectivity index (χ0v) is 15.2. The maximum absolute atomic E-state index is 12.3. The first-order valence-electron chi connectivity index (χ1n) is 9.06. The maximum atomic E-state index is 12.3. The van der Waals surface area contributed by atoms with Crippen molar-refractivity contribution in [1.82, 2.24) is 10.2 Å². The van der Waals surface area contributed by atoms with E-state index in [1.807, 2.05) is 24.3 Å². The van der Waals surface area contributed by atoms with Crippen LogP contribution >= 0.6 is 0 Å². The molecular weight excluding hydrogens is 336 g/mol. The topological polar surface area (TPSA) is 77.1 Å². The number of para-hydroxylation sites is 1. The number of hydrogen-bond donors (Lipinski definition) is 1. The van der Waals surface area contributed by atoms with Crippen molar-refractivity contribution in [2.45, 2.75) is 31.5 Å². The Morgan fingerprint density at radius 3 is 2.58 bits per heavy atom. The Morgan fingerprint density at radius 1 is 1.19 bits per heavy atom. The minimum Gasteiger partial charge on any atom is -0.496 e. The van der Waals surface area contributed by atoms with E-state index in [2.05, 4.69) is 5.32 Å². The first-order valence-corrected chi connectivity index (χ1v) is 9.06. The summed E-state index contributed by atoms with van der Waals surface area (Å²) in [4.78, 5) is 26.1. The second kappa shape index (κ2) is 8.51. The molecule has 0 aliphatic carbocycles. The van der Waals surface area contributed by atoms with Gasteiger partial charge in [0.1, 0.15) is 12.2 Å². The Kier molecular flexibility index (Phi) is 6.11. The SMILES string of the molecule is COc1ccccc1CCNC(=O)CC(=O)N1CCC2(CC1)OCCO2. The fourth-order valence-corrected chi connectivity index (χ4v) is 3.44. The van der Waals surface area contributed by atoms with Gasteiger partial charge in [-0.25, -0.2) is 0 Å². The predicted molar refractivity (Wildman–Crippen MR) is 94.8 cm³/mol. The van der Waals surface area contributed by atoms with Crippen LogP contribution in [0.1, 0.15) is 24.8 Å². The number of ether oxygens (including phenoxy) is 3. The van der Waals surface area contributed by atoms with E-state index in [-0.39, 0.29) is 18.2 Å². The van der Waals surface area contributed by atoms with Gasteiger partial charge < -0.3 is 24.4 Å². The number of piperidine rings is 1. The molecule has 2 fully saturated rings. The van der Waals surface area contributed by atoms with E-state index in [4.69, 9.17) is 14.2 Å². The lowest BCUT2D eigenvalue weighted by Crippen LogP contribution is -2.48. The normalized spacial score (nSPS) is 18.7. The Labute approximate surface area is 153 Å². The van der Waals surface area contributed by atoms with E-state index in [0.717, 1.165) is 11.3 Å². The van der Waals surface area contributed by atoms with Crippen molar-refractivity contribution >= 4 is 11.8 Å². The predicted octanol–water partition coefficient (Wildman–Crippen LogP) is 1.11. The van der Waals surface area contributed by atoms with Gasteiger partial charge in [-0.05, 0) is 18.1 Å². The summed E-state index contributed by atoms with van der Waals surface area (Å²) in [6.45, 7) is 2.82. The monoisotopic (exact) mass is 362 g/mol. The van der Waals surface area contributed by atoms with Crippen molar-refractivity contribution in [1.29, 1.82) is 0 Å². The van der Waals surface area contributed by atoms with E-state index in [0.29, 0.717) is 52.1 Å². The molecule has 7 heteroatoms. The average Bonchev–Trinajstić information content (AvgIpc) is 3.10. The average molecular weight is 362 g/mol. The van der Waals surface area contributed by atoms with Crippen molar-refractivity contribution in [3.63, 3.8) is 0 Å². The molecular formula is C19H26N2O5. The van der Waals surface area contributed by atoms with Gasteiger partial charge in [-0.3, -0.25) is 9.59 Å². The molecule has 0 radical (unpaired) electrons. The van der Waals surface area contributed by atoms with Crippen LogP contribution in [0.5, 0.6) is 5.75 Å². The number of carbonyl (C=O) groups is 2. The van der Waals surface area contributed by atoms with Gasteiger partial charge in [-0.15, -0.1) is 0 Å². The van der Waals surface area contributed by atoms with Crippen molar-refractivity contribution in [2.75, 3.05) is 40.0 Å². The number of methoxy groups -OCH3 is 1. The number of benzene rings is 1. The molecule has 0 saturated carbocycles. The standard InChI is InChI=1S/C19H26N2O5/c1-24-16-5-3-2-4-15(16)6-9-20-17(22)14-18(23)21-10-7-19(8-11-21)25-12-13-26-19/h2-5H,6-14H2,1H3,(H,20,22). The summed E-state index contributed by atoms with van der Waals surface area (Å²) >= 11 is 0. The fourth-order valence-electron chi connectivity index (χ4n) is 3.44. The molecule has 3 rings (SSSR count). The highest BCUT2D eigenvalue weighted by molar-refractivity contribution is 5.96. The van der Waals surface area contributed by atoms with Gasteiger partial charge in [-0.1, -0.05) is 18.2 Å². The molecule has 1 N–H and O–H groups in total. The van der Waals surface area contributed by atoms with Gasteiger partial charge in [-0.2, -0.15) is 0 Å². The lowest BCUT2D eigenvalue weighted by molar-refractivity contribution is -0.187. The second-order valence-electron chi connectivity index (χ2n) is 6.58. The van der Waals surface area contributed by atoms with E-state index >= 15 is 0 Å². The number of nitrogens with zero attached hydrogens (tertiary/aromatic N) is 1. The maximum Gasteiger partial charge on any atom is 0.232 e. The number of rotatable bonds is 6. The third-order valence-electron chi connectivity index (χ3n) is 4.91. The van der Waals surface area contributed by atoms with Gasteiger partial charge in [0.05, 0.1) is 20.3 Å². The molecule has 2 aliphatic heterocycles. The molecule has 0 atom stereocenters. The summed E-state index contributed by atoms with van der Waals surface area (Å²) in [5.74, 6) is -0.101. The summed E-state index contributed by atoms with van der Waals surface area (Å²) in [5.41, 5.74) is 1.03. The van der Waals surface area contributed by atoms with Gasteiger partial charge in [0.25, 0.3) is 0 Å². The van der Waals surface area contributed by atoms with Crippen LogP contribution in [0.2, 0.25) is 0 Å². The molecule has 142 valence electrons. The second-order valence-corrected chi connectivity index (χ2v) is 6.58. The molecule has 0 bridgehead atoms. The van der Waals surface area contributed by atoms with E-state index in [9.17, 15) is 9.59 Å².